The molecular formula is C17H15FN4OS. The largest absolute Gasteiger partial charge is 0.369 e. The fourth-order valence-corrected chi connectivity index (χ4v) is 3.66. The minimum absolute atomic E-state index is 0.0188. The Morgan fingerprint density at radius 2 is 2.25 bits per heavy atom. The number of hydrogen-bond acceptors (Lipinski definition) is 5. The maximum atomic E-state index is 13.9. The van der Waals surface area contributed by atoms with Gasteiger partial charge in [-0.3, -0.25) is 9.69 Å². The number of nitrogens with zero attached hydrogens (tertiary/aromatic N) is 3. The Balaban J connectivity index is 2.03. The van der Waals surface area contributed by atoms with Gasteiger partial charge in [0.1, 0.15) is 12.2 Å². The first-order chi connectivity index (χ1) is 11.5. The summed E-state index contributed by atoms with van der Waals surface area (Å²) in [5.74, 6) is -0.244. The molecule has 0 spiro atoms. The van der Waals surface area contributed by atoms with Gasteiger partial charge in [-0.05, 0) is 34.7 Å². The quantitative estimate of drug-likeness (QED) is 0.931. The minimum Gasteiger partial charge on any atom is -0.369 e. The Labute approximate surface area is 142 Å². The third-order valence-electron chi connectivity index (χ3n) is 4.09. The minimum atomic E-state index is -1.26. The molecule has 1 atom stereocenters. The van der Waals surface area contributed by atoms with E-state index in [9.17, 15) is 9.18 Å². The molecule has 3 rings (SSSR count). The normalized spacial score (nSPS) is 20.6. The lowest BCUT2D eigenvalue weighted by atomic mass is 9.92. The number of thiophene rings is 1. The van der Waals surface area contributed by atoms with Crippen LogP contribution in [0.25, 0.3) is 11.1 Å². The number of aliphatic imine (C=N–C) groups is 1. The summed E-state index contributed by atoms with van der Waals surface area (Å²) >= 11 is 1.34. The van der Waals surface area contributed by atoms with Gasteiger partial charge >= 0.3 is 0 Å². The van der Waals surface area contributed by atoms with Crippen molar-refractivity contribution in [3.63, 3.8) is 0 Å². The van der Waals surface area contributed by atoms with Crippen LogP contribution in [0.2, 0.25) is 0 Å². The van der Waals surface area contributed by atoms with Gasteiger partial charge in [-0.1, -0.05) is 12.1 Å². The van der Waals surface area contributed by atoms with Crippen molar-refractivity contribution in [3.8, 4) is 17.2 Å². The highest BCUT2D eigenvalue weighted by molar-refractivity contribution is 7.10. The van der Waals surface area contributed by atoms with Crippen LogP contribution in [-0.4, -0.2) is 30.5 Å². The van der Waals surface area contributed by atoms with E-state index in [0.29, 0.717) is 10.4 Å². The molecule has 1 aliphatic heterocycles. The van der Waals surface area contributed by atoms with Gasteiger partial charge in [0, 0.05) is 11.9 Å². The van der Waals surface area contributed by atoms with E-state index in [1.807, 2.05) is 17.5 Å². The molecule has 0 unspecified atom stereocenters. The van der Waals surface area contributed by atoms with E-state index in [4.69, 9.17) is 11.0 Å². The molecule has 5 nitrogen and oxygen atoms in total. The Kier molecular flexibility index (Phi) is 4.08. The van der Waals surface area contributed by atoms with E-state index < -0.39 is 12.2 Å². The van der Waals surface area contributed by atoms with E-state index in [1.54, 1.807) is 18.2 Å². The summed E-state index contributed by atoms with van der Waals surface area (Å²) in [5, 5.41) is 10.9. The molecule has 122 valence electrons. The predicted molar refractivity (Wildman–Crippen MR) is 91.1 cm³/mol. The lowest BCUT2D eigenvalue weighted by molar-refractivity contribution is -0.128. The number of guanidine groups is 1. The fraction of sp³-hybridized carbons (Fsp3) is 0.235. The lowest BCUT2D eigenvalue weighted by Gasteiger charge is -2.33. The van der Waals surface area contributed by atoms with E-state index >= 15 is 0 Å². The number of rotatable bonds is 3. The molecule has 1 aromatic heterocycles. The number of benzene rings is 1. The van der Waals surface area contributed by atoms with Crippen molar-refractivity contribution in [2.45, 2.75) is 12.0 Å². The second-order valence-corrected chi connectivity index (χ2v) is 6.57. The number of carbonyl (C=O) groups is 1. The highest BCUT2D eigenvalue weighted by Gasteiger charge is 2.41. The summed E-state index contributed by atoms with van der Waals surface area (Å²) in [6, 6.07) is 11.1. The molecule has 2 N–H and O–H groups in total. The van der Waals surface area contributed by atoms with E-state index in [1.165, 1.54) is 23.3 Å². The maximum absolute atomic E-state index is 13.9. The molecule has 0 saturated carbocycles. The van der Waals surface area contributed by atoms with Crippen molar-refractivity contribution in [1.82, 2.24) is 4.90 Å². The summed E-state index contributed by atoms with van der Waals surface area (Å²) in [4.78, 5) is 18.2. The fourth-order valence-electron chi connectivity index (χ4n) is 2.62. The number of alkyl halides is 1. The molecular weight excluding hydrogens is 327 g/mol. The summed E-state index contributed by atoms with van der Waals surface area (Å²) in [6.45, 7) is -0.800. The van der Waals surface area contributed by atoms with Crippen molar-refractivity contribution in [2.75, 3.05) is 13.7 Å². The zero-order valence-electron chi connectivity index (χ0n) is 13.0. The van der Waals surface area contributed by atoms with Gasteiger partial charge in [0.2, 0.25) is 5.91 Å². The van der Waals surface area contributed by atoms with Crippen molar-refractivity contribution < 1.29 is 9.18 Å². The molecule has 0 saturated heterocycles. The first kappa shape index (κ1) is 16.1. The average Bonchev–Trinajstić information content (AvgIpc) is 3.10. The van der Waals surface area contributed by atoms with Crippen molar-refractivity contribution in [3.05, 3.63) is 46.2 Å². The number of halogens is 1. The topological polar surface area (TPSA) is 82.5 Å². The van der Waals surface area contributed by atoms with Gasteiger partial charge in [0.15, 0.2) is 5.96 Å². The van der Waals surface area contributed by atoms with Crippen LogP contribution in [-0.2, 0) is 10.3 Å². The number of carbonyl (C=O) groups excluding carboxylic acids is 1. The SMILES string of the molecule is CN1C(=O)C[C@@](CF)(c2cc(-c3cccc(C#N)c3)cs2)N=C1N. The zero-order valence-corrected chi connectivity index (χ0v) is 13.8. The van der Waals surface area contributed by atoms with Gasteiger partial charge in [-0.2, -0.15) is 5.26 Å². The van der Waals surface area contributed by atoms with Gasteiger partial charge in [-0.15, -0.1) is 11.3 Å². The molecule has 7 heteroatoms. The highest BCUT2D eigenvalue weighted by atomic mass is 32.1. The molecule has 24 heavy (non-hydrogen) atoms. The van der Waals surface area contributed by atoms with Crippen LogP contribution in [0.3, 0.4) is 0 Å². The van der Waals surface area contributed by atoms with Gasteiger partial charge in [0.05, 0.1) is 18.1 Å². The Morgan fingerprint density at radius 3 is 2.92 bits per heavy atom. The molecule has 0 bridgehead atoms. The summed E-state index contributed by atoms with van der Waals surface area (Å²) in [6.07, 6.45) is -0.0567. The first-order valence-corrected chi connectivity index (χ1v) is 8.14. The van der Waals surface area contributed by atoms with Gasteiger partial charge < -0.3 is 5.73 Å². The van der Waals surface area contributed by atoms with Gasteiger partial charge in [0.25, 0.3) is 0 Å². The maximum Gasteiger partial charge on any atom is 0.231 e. The monoisotopic (exact) mass is 342 g/mol. The van der Waals surface area contributed by atoms with Crippen LogP contribution in [0.5, 0.6) is 0 Å². The summed E-state index contributed by atoms with van der Waals surface area (Å²) < 4.78 is 13.9. The molecule has 1 amide bonds. The number of nitrogens with two attached hydrogens (primary N) is 1. The third kappa shape index (κ3) is 2.65. The van der Waals surface area contributed by atoms with Crippen molar-refractivity contribution in [2.24, 2.45) is 10.7 Å². The smallest absolute Gasteiger partial charge is 0.231 e. The molecule has 2 aromatic rings. The Morgan fingerprint density at radius 1 is 1.46 bits per heavy atom. The van der Waals surface area contributed by atoms with E-state index in [-0.39, 0.29) is 18.3 Å². The van der Waals surface area contributed by atoms with E-state index in [0.717, 1.165) is 11.1 Å². The second-order valence-electron chi connectivity index (χ2n) is 5.66. The standard InChI is InChI=1S/C17H15FN4OS/c1-22-15(23)7-17(10-18,21-16(22)20)14-6-13(9-24-14)12-4-2-3-11(5-12)8-19/h2-6,9H,7,10H2,1H3,(H2,20,21)/t17-/m1/s1. The van der Waals surface area contributed by atoms with Crippen molar-refractivity contribution >= 4 is 23.2 Å². The molecule has 2 heterocycles. The Hall–Kier alpha value is -2.72. The van der Waals surface area contributed by atoms with Gasteiger partial charge in [-0.25, -0.2) is 9.38 Å². The molecule has 0 radical (unpaired) electrons. The van der Waals surface area contributed by atoms with Crippen LogP contribution in [0.1, 0.15) is 16.9 Å². The number of nitriles is 1. The molecule has 0 aliphatic carbocycles. The van der Waals surface area contributed by atoms with Crippen LogP contribution in [0.15, 0.2) is 40.7 Å². The summed E-state index contributed by atoms with van der Waals surface area (Å²) in [7, 11) is 1.52. The van der Waals surface area contributed by atoms with Crippen LogP contribution in [0, 0.1) is 11.3 Å². The van der Waals surface area contributed by atoms with Crippen LogP contribution < -0.4 is 5.73 Å². The van der Waals surface area contributed by atoms with Crippen LogP contribution >= 0.6 is 11.3 Å². The molecule has 0 fully saturated rings. The molecule has 1 aromatic carbocycles. The number of amides is 1. The lowest BCUT2D eigenvalue weighted by Crippen LogP contribution is -2.49. The highest BCUT2D eigenvalue weighted by Crippen LogP contribution is 2.39. The summed E-state index contributed by atoms with van der Waals surface area (Å²) in [5.41, 5.74) is 6.79. The third-order valence-corrected chi connectivity index (χ3v) is 5.22. The zero-order chi connectivity index (χ0) is 17.3. The van der Waals surface area contributed by atoms with Crippen LogP contribution in [0.4, 0.5) is 4.39 Å². The Bertz CT molecular complexity index is 869. The van der Waals surface area contributed by atoms with E-state index in [2.05, 4.69) is 11.1 Å². The number of hydrogen-bond donors (Lipinski definition) is 1. The van der Waals surface area contributed by atoms with Crippen molar-refractivity contribution in [1.29, 1.82) is 5.26 Å². The molecule has 1 aliphatic rings. The average molecular weight is 342 g/mol. The second kappa shape index (κ2) is 6.06. The predicted octanol–water partition coefficient (Wildman–Crippen LogP) is 2.63. The first-order valence-electron chi connectivity index (χ1n) is 7.26.